The molecule has 0 aromatic carbocycles. The lowest BCUT2D eigenvalue weighted by atomic mass is 9.91. The standard InChI is InChI=1S/C24H32FN5O4S/c1-15-12-21(29-30(15)8-9-31)23(33)28-18-4-2-17(3-5-18)27-22(32)20-13-16(25)14-26-24(20)34-19-6-10-35-11-7-19/h12-14,17-19,31H,2-11H2,1H3,(H,27,32)(H,28,33). The topological polar surface area (TPSA) is 118 Å². The van der Waals surface area contributed by atoms with Gasteiger partial charge in [-0.2, -0.15) is 16.9 Å². The van der Waals surface area contributed by atoms with Gasteiger partial charge in [0.05, 0.1) is 19.3 Å². The summed E-state index contributed by atoms with van der Waals surface area (Å²) in [5.41, 5.74) is 1.26. The van der Waals surface area contributed by atoms with Gasteiger partial charge in [-0.3, -0.25) is 14.3 Å². The Labute approximate surface area is 208 Å². The van der Waals surface area contributed by atoms with E-state index in [1.165, 1.54) is 6.07 Å². The maximum atomic E-state index is 13.9. The molecular weight excluding hydrogens is 473 g/mol. The van der Waals surface area contributed by atoms with Crippen LogP contribution < -0.4 is 15.4 Å². The van der Waals surface area contributed by atoms with Crippen molar-refractivity contribution in [3.8, 4) is 5.88 Å². The molecule has 1 aliphatic carbocycles. The number of aromatic nitrogens is 3. The molecule has 190 valence electrons. The van der Waals surface area contributed by atoms with E-state index in [2.05, 4.69) is 20.7 Å². The lowest BCUT2D eigenvalue weighted by Gasteiger charge is -2.29. The molecule has 1 saturated carbocycles. The van der Waals surface area contributed by atoms with Crippen molar-refractivity contribution >= 4 is 23.6 Å². The molecule has 0 radical (unpaired) electrons. The zero-order chi connectivity index (χ0) is 24.8. The molecule has 35 heavy (non-hydrogen) atoms. The van der Waals surface area contributed by atoms with E-state index in [9.17, 15) is 14.0 Å². The van der Waals surface area contributed by atoms with Crippen LogP contribution in [0.15, 0.2) is 18.3 Å². The molecule has 2 fully saturated rings. The van der Waals surface area contributed by atoms with Crippen molar-refractivity contribution in [2.24, 2.45) is 0 Å². The summed E-state index contributed by atoms with van der Waals surface area (Å²) in [5, 5.41) is 19.3. The fourth-order valence-corrected chi connectivity index (χ4v) is 5.54. The normalized spacial score (nSPS) is 20.9. The van der Waals surface area contributed by atoms with Crippen LogP contribution in [0.1, 0.15) is 65.1 Å². The highest BCUT2D eigenvalue weighted by molar-refractivity contribution is 7.99. The van der Waals surface area contributed by atoms with Gasteiger partial charge in [0.2, 0.25) is 5.88 Å². The second-order valence-corrected chi connectivity index (χ2v) is 10.3. The van der Waals surface area contributed by atoms with Gasteiger partial charge in [0.1, 0.15) is 23.2 Å². The van der Waals surface area contributed by atoms with Crippen LogP contribution in [0.2, 0.25) is 0 Å². The maximum absolute atomic E-state index is 13.9. The Kier molecular flexibility index (Phi) is 8.61. The van der Waals surface area contributed by atoms with Gasteiger partial charge < -0.3 is 20.5 Å². The van der Waals surface area contributed by atoms with Crippen molar-refractivity contribution in [1.82, 2.24) is 25.4 Å². The van der Waals surface area contributed by atoms with Crippen LogP contribution in [0.4, 0.5) is 4.39 Å². The van der Waals surface area contributed by atoms with Crippen molar-refractivity contribution in [2.45, 2.75) is 70.2 Å². The number of rotatable bonds is 8. The van der Waals surface area contributed by atoms with Crippen LogP contribution in [0.3, 0.4) is 0 Å². The van der Waals surface area contributed by atoms with Crippen molar-refractivity contribution in [2.75, 3.05) is 18.1 Å². The van der Waals surface area contributed by atoms with Gasteiger partial charge in [-0.05, 0) is 69.1 Å². The van der Waals surface area contributed by atoms with E-state index < -0.39 is 11.7 Å². The zero-order valence-electron chi connectivity index (χ0n) is 19.8. The number of halogens is 1. The minimum absolute atomic E-state index is 0.0152. The van der Waals surface area contributed by atoms with E-state index in [4.69, 9.17) is 9.84 Å². The third-order valence-corrected chi connectivity index (χ3v) is 7.48. The first-order chi connectivity index (χ1) is 16.9. The number of aliphatic hydroxyl groups is 1. The van der Waals surface area contributed by atoms with Crippen molar-refractivity contribution in [3.63, 3.8) is 0 Å². The summed E-state index contributed by atoms with van der Waals surface area (Å²) in [6.45, 7) is 2.14. The number of nitrogens with one attached hydrogen (secondary N) is 2. The fourth-order valence-electron chi connectivity index (χ4n) is 4.48. The monoisotopic (exact) mass is 505 g/mol. The smallest absolute Gasteiger partial charge is 0.272 e. The summed E-state index contributed by atoms with van der Waals surface area (Å²) >= 11 is 1.87. The number of nitrogens with zero attached hydrogens (tertiary/aromatic N) is 3. The molecule has 2 amide bonds. The average Bonchev–Trinajstić information content (AvgIpc) is 3.22. The molecule has 1 saturated heterocycles. The molecule has 9 nitrogen and oxygen atoms in total. The van der Waals surface area contributed by atoms with Crippen molar-refractivity contribution < 1.29 is 23.8 Å². The summed E-state index contributed by atoms with van der Waals surface area (Å²) in [7, 11) is 0. The summed E-state index contributed by atoms with van der Waals surface area (Å²) < 4.78 is 21.5. The number of aliphatic hydroxyl groups excluding tert-OH is 1. The lowest BCUT2D eigenvalue weighted by molar-refractivity contribution is 0.0883. The highest BCUT2D eigenvalue weighted by Gasteiger charge is 2.27. The van der Waals surface area contributed by atoms with Crippen LogP contribution in [0, 0.1) is 12.7 Å². The molecule has 3 heterocycles. The number of hydrogen-bond donors (Lipinski definition) is 3. The molecule has 4 rings (SSSR count). The highest BCUT2D eigenvalue weighted by atomic mass is 32.2. The predicted octanol–water partition coefficient (Wildman–Crippen LogP) is 2.46. The Bertz CT molecular complexity index is 1030. The zero-order valence-corrected chi connectivity index (χ0v) is 20.7. The Balaban J connectivity index is 1.29. The average molecular weight is 506 g/mol. The SMILES string of the molecule is Cc1cc(C(=O)NC2CCC(NC(=O)c3cc(F)cnc3OC3CCSCC3)CC2)nn1CCO. The number of thioether (sulfide) groups is 1. The number of pyridine rings is 1. The minimum Gasteiger partial charge on any atom is -0.474 e. The Hall–Kier alpha value is -2.66. The van der Waals surface area contributed by atoms with Gasteiger partial charge >= 0.3 is 0 Å². The van der Waals surface area contributed by atoms with Crippen LogP contribution >= 0.6 is 11.8 Å². The largest absolute Gasteiger partial charge is 0.474 e. The van der Waals surface area contributed by atoms with Gasteiger partial charge in [0.15, 0.2) is 0 Å². The molecule has 0 bridgehead atoms. The third-order valence-electron chi connectivity index (χ3n) is 6.43. The summed E-state index contributed by atoms with van der Waals surface area (Å²) in [6.07, 6.45) is 5.60. The highest BCUT2D eigenvalue weighted by Crippen LogP contribution is 2.25. The number of ether oxygens (including phenoxy) is 1. The fraction of sp³-hybridized carbons (Fsp3) is 0.583. The van der Waals surface area contributed by atoms with E-state index >= 15 is 0 Å². The molecule has 2 aliphatic rings. The number of aryl methyl sites for hydroxylation is 1. The van der Waals surface area contributed by atoms with Gasteiger partial charge in [0.25, 0.3) is 11.8 Å². The Morgan fingerprint density at radius 2 is 1.77 bits per heavy atom. The Morgan fingerprint density at radius 3 is 2.43 bits per heavy atom. The second-order valence-electron chi connectivity index (χ2n) is 9.05. The van der Waals surface area contributed by atoms with Gasteiger partial charge in [-0.25, -0.2) is 9.37 Å². The number of amides is 2. The quantitative estimate of drug-likeness (QED) is 0.504. The molecule has 0 unspecified atom stereocenters. The molecule has 3 N–H and O–H groups in total. The molecule has 0 spiro atoms. The third kappa shape index (κ3) is 6.72. The first kappa shape index (κ1) is 25.4. The molecule has 0 atom stereocenters. The summed E-state index contributed by atoms with van der Waals surface area (Å²) in [4.78, 5) is 29.6. The first-order valence-electron chi connectivity index (χ1n) is 12.1. The second kappa shape index (κ2) is 11.9. The number of carbonyl (C=O) groups excluding carboxylic acids is 2. The van der Waals surface area contributed by atoms with Gasteiger partial charge in [0, 0.05) is 17.8 Å². The van der Waals surface area contributed by atoms with Crippen LogP contribution in [-0.2, 0) is 6.54 Å². The minimum atomic E-state index is -0.579. The lowest BCUT2D eigenvalue weighted by Crippen LogP contribution is -2.44. The van der Waals surface area contributed by atoms with E-state index in [1.807, 2.05) is 18.7 Å². The van der Waals surface area contributed by atoms with Crippen LogP contribution in [0.25, 0.3) is 0 Å². The van der Waals surface area contributed by atoms with Crippen LogP contribution in [0.5, 0.6) is 5.88 Å². The number of carbonyl (C=O) groups is 2. The van der Waals surface area contributed by atoms with Gasteiger partial charge in [-0.1, -0.05) is 0 Å². The number of hydrogen-bond acceptors (Lipinski definition) is 7. The summed E-state index contributed by atoms with van der Waals surface area (Å²) in [6, 6.07) is 2.79. The van der Waals surface area contributed by atoms with E-state index in [0.717, 1.165) is 36.2 Å². The predicted molar refractivity (Wildman–Crippen MR) is 130 cm³/mol. The molecule has 2 aromatic heterocycles. The van der Waals surface area contributed by atoms with Crippen molar-refractivity contribution in [1.29, 1.82) is 0 Å². The first-order valence-corrected chi connectivity index (χ1v) is 13.3. The molecular formula is C24H32FN5O4S. The molecule has 11 heteroatoms. The van der Waals surface area contributed by atoms with Crippen molar-refractivity contribution in [3.05, 3.63) is 41.1 Å². The Morgan fingerprint density at radius 1 is 1.11 bits per heavy atom. The molecule has 2 aromatic rings. The molecule has 1 aliphatic heterocycles. The maximum Gasteiger partial charge on any atom is 0.272 e. The van der Waals surface area contributed by atoms with Crippen LogP contribution in [-0.4, -0.2) is 68.0 Å². The summed E-state index contributed by atoms with van der Waals surface area (Å²) in [5.74, 6) is 0.956. The van der Waals surface area contributed by atoms with E-state index in [1.54, 1.807) is 10.7 Å². The van der Waals surface area contributed by atoms with Gasteiger partial charge in [-0.15, -0.1) is 0 Å². The van der Waals surface area contributed by atoms with E-state index in [0.29, 0.717) is 37.9 Å². The van der Waals surface area contributed by atoms with E-state index in [-0.39, 0.29) is 42.1 Å².